The van der Waals surface area contributed by atoms with Crippen LogP contribution in [0.4, 0.5) is 5.69 Å². The van der Waals surface area contributed by atoms with Crippen molar-refractivity contribution in [2.24, 2.45) is 34.4 Å². The number of aliphatic imine (C=N–C) groups is 1. The van der Waals surface area contributed by atoms with Gasteiger partial charge in [0.2, 0.25) is 18.0 Å². The second kappa shape index (κ2) is 13.7. The van der Waals surface area contributed by atoms with Gasteiger partial charge in [-0.1, -0.05) is 101 Å². The van der Waals surface area contributed by atoms with Crippen molar-refractivity contribution < 1.29 is 14.4 Å². The van der Waals surface area contributed by atoms with Crippen LogP contribution in [0.5, 0.6) is 0 Å². The van der Waals surface area contributed by atoms with Gasteiger partial charge in [-0.3, -0.25) is 14.4 Å². The summed E-state index contributed by atoms with van der Waals surface area (Å²) in [5.74, 6) is -1.48. The van der Waals surface area contributed by atoms with Crippen molar-refractivity contribution in [1.29, 1.82) is 0 Å². The molecule has 1 aliphatic carbocycles. The second-order valence-corrected chi connectivity index (χ2v) is 11.7. The Bertz CT molecular complexity index is 1210. The Kier molecular flexibility index (Phi) is 10.1. The Morgan fingerprint density at radius 1 is 1.05 bits per heavy atom. The highest BCUT2D eigenvalue weighted by molar-refractivity contribution is 6.20. The summed E-state index contributed by atoms with van der Waals surface area (Å²) in [4.78, 5) is 47.3. The van der Waals surface area contributed by atoms with Crippen LogP contribution in [0.1, 0.15) is 83.3 Å². The van der Waals surface area contributed by atoms with Crippen LogP contribution in [0.15, 0.2) is 59.6 Å². The molecule has 3 N–H and O–H groups in total. The molecule has 0 aromatic heterocycles. The van der Waals surface area contributed by atoms with Crippen LogP contribution in [0.3, 0.4) is 0 Å². The Labute approximate surface area is 238 Å². The van der Waals surface area contributed by atoms with Gasteiger partial charge in [-0.15, -0.1) is 0 Å². The van der Waals surface area contributed by atoms with Gasteiger partial charge in [-0.25, -0.2) is 4.99 Å². The number of unbranched alkanes of at least 4 members (excludes halogenated alkanes) is 1. The quantitative estimate of drug-likeness (QED) is 0.350. The number of fused-ring (bicyclic) bond motifs is 1. The molecule has 3 unspecified atom stereocenters. The van der Waals surface area contributed by atoms with Crippen molar-refractivity contribution >= 4 is 29.1 Å². The minimum Gasteiger partial charge on any atom is -0.369 e. The van der Waals surface area contributed by atoms with Gasteiger partial charge in [0.25, 0.3) is 5.91 Å². The van der Waals surface area contributed by atoms with Crippen LogP contribution >= 0.6 is 0 Å². The van der Waals surface area contributed by atoms with E-state index in [4.69, 9.17) is 10.7 Å². The number of amides is 3. The molecule has 4 rings (SSSR count). The molecular formula is C33H44N4O3. The third kappa shape index (κ3) is 6.98. The maximum absolute atomic E-state index is 14.2. The number of benzodiazepines with no additional fused rings is 1. The summed E-state index contributed by atoms with van der Waals surface area (Å²) in [5.41, 5.74) is 9.03. The van der Waals surface area contributed by atoms with E-state index in [9.17, 15) is 14.4 Å². The van der Waals surface area contributed by atoms with E-state index in [1.807, 2.05) is 68.4 Å². The highest BCUT2D eigenvalue weighted by atomic mass is 16.2. The molecule has 214 valence electrons. The highest BCUT2D eigenvalue weighted by Crippen LogP contribution is 2.33. The molecule has 2 aliphatic rings. The molecule has 1 saturated carbocycles. The number of rotatable bonds is 13. The molecule has 0 bridgehead atoms. The fraction of sp³-hybridized carbons (Fsp3) is 0.515. The maximum Gasteiger partial charge on any atom is 0.272 e. The average molecular weight is 545 g/mol. The molecule has 1 aliphatic heterocycles. The molecule has 7 nitrogen and oxygen atoms in total. The van der Waals surface area contributed by atoms with Gasteiger partial charge in [0.05, 0.1) is 11.4 Å². The lowest BCUT2D eigenvalue weighted by Crippen LogP contribution is -2.51. The number of nitrogens with zero attached hydrogens (tertiary/aromatic N) is 2. The number of carbonyl (C=O) groups excluding carboxylic acids is 3. The number of carbonyl (C=O) groups is 3. The normalized spacial score (nSPS) is 18.8. The number of benzene rings is 2. The van der Waals surface area contributed by atoms with Crippen molar-refractivity contribution in [3.63, 3.8) is 0 Å². The number of para-hydroxylation sites is 1. The molecule has 7 heteroatoms. The predicted octanol–water partition coefficient (Wildman–Crippen LogP) is 5.46. The SMILES string of the molecule is CCCCC(C(N)=O)C(CC(C)C)C(=O)NC1N=C(c2ccccc2)c2ccccc2N(CCC2CCC2)C1=O. The maximum atomic E-state index is 14.2. The molecule has 40 heavy (non-hydrogen) atoms. The smallest absolute Gasteiger partial charge is 0.272 e. The monoisotopic (exact) mass is 544 g/mol. The summed E-state index contributed by atoms with van der Waals surface area (Å²) < 4.78 is 0. The van der Waals surface area contributed by atoms with Gasteiger partial charge < -0.3 is 16.0 Å². The van der Waals surface area contributed by atoms with Gasteiger partial charge in [-0.05, 0) is 37.2 Å². The first-order chi connectivity index (χ1) is 19.3. The topological polar surface area (TPSA) is 105 Å². The third-order valence-corrected chi connectivity index (χ3v) is 8.30. The lowest BCUT2D eigenvalue weighted by atomic mass is 9.81. The molecule has 0 saturated heterocycles. The summed E-state index contributed by atoms with van der Waals surface area (Å²) in [6, 6.07) is 17.6. The number of hydrogen-bond acceptors (Lipinski definition) is 4. The molecule has 2 aromatic carbocycles. The summed E-state index contributed by atoms with van der Waals surface area (Å²) in [6.07, 6.45) is 6.20. The minimum atomic E-state index is -1.11. The summed E-state index contributed by atoms with van der Waals surface area (Å²) in [7, 11) is 0. The Morgan fingerprint density at radius 2 is 1.75 bits per heavy atom. The highest BCUT2D eigenvalue weighted by Gasteiger charge is 2.38. The van der Waals surface area contributed by atoms with E-state index < -0.39 is 23.9 Å². The molecule has 0 radical (unpaired) electrons. The number of nitrogens with two attached hydrogens (primary N) is 1. The van der Waals surface area contributed by atoms with E-state index in [-0.39, 0.29) is 17.7 Å². The molecular weight excluding hydrogens is 500 g/mol. The minimum absolute atomic E-state index is 0.177. The molecule has 1 heterocycles. The molecule has 1 fully saturated rings. The van der Waals surface area contributed by atoms with Crippen molar-refractivity contribution in [1.82, 2.24) is 5.32 Å². The van der Waals surface area contributed by atoms with Crippen molar-refractivity contribution in [3.05, 3.63) is 65.7 Å². The molecule has 3 atom stereocenters. The van der Waals surface area contributed by atoms with Crippen LogP contribution < -0.4 is 16.0 Å². The van der Waals surface area contributed by atoms with E-state index >= 15 is 0 Å². The van der Waals surface area contributed by atoms with Crippen molar-refractivity contribution in [2.45, 2.75) is 78.3 Å². The third-order valence-electron chi connectivity index (χ3n) is 8.30. The van der Waals surface area contributed by atoms with Gasteiger partial charge in [-0.2, -0.15) is 0 Å². The van der Waals surface area contributed by atoms with Crippen LogP contribution in [-0.4, -0.2) is 36.1 Å². The predicted molar refractivity (Wildman–Crippen MR) is 160 cm³/mol. The van der Waals surface area contributed by atoms with Gasteiger partial charge >= 0.3 is 0 Å². The lowest BCUT2D eigenvalue weighted by Gasteiger charge is -2.31. The van der Waals surface area contributed by atoms with E-state index in [0.29, 0.717) is 31.0 Å². The summed E-state index contributed by atoms with van der Waals surface area (Å²) in [6.45, 7) is 6.68. The van der Waals surface area contributed by atoms with E-state index in [0.717, 1.165) is 36.1 Å². The first kappa shape index (κ1) is 29.5. The number of nitrogens with one attached hydrogen (secondary N) is 1. The largest absolute Gasteiger partial charge is 0.369 e. The molecule has 3 amide bonds. The number of anilines is 1. The Hall–Kier alpha value is -3.48. The Balaban J connectivity index is 1.72. The zero-order valence-corrected chi connectivity index (χ0v) is 24.1. The van der Waals surface area contributed by atoms with Crippen LogP contribution in [0.2, 0.25) is 0 Å². The van der Waals surface area contributed by atoms with E-state index in [2.05, 4.69) is 12.2 Å². The molecule has 0 spiro atoms. The zero-order chi connectivity index (χ0) is 28.6. The van der Waals surface area contributed by atoms with E-state index in [1.54, 1.807) is 4.90 Å². The first-order valence-corrected chi connectivity index (χ1v) is 14.9. The lowest BCUT2D eigenvalue weighted by molar-refractivity contribution is -0.136. The van der Waals surface area contributed by atoms with Crippen LogP contribution in [0, 0.1) is 23.7 Å². The standard InChI is InChI=1S/C33H44N4O3/c1-4-5-16-25(30(34)38)27(21-22(2)3)32(39)36-31-33(40)37(20-19-23-12-11-13-23)28-18-10-9-17-26(28)29(35-31)24-14-7-6-8-15-24/h6-10,14-15,17-18,22-23,25,27,31H,4-5,11-13,16,19-21H2,1-3H3,(H2,34,38)(H,36,39). The van der Waals surface area contributed by atoms with Gasteiger partial charge in [0.15, 0.2) is 0 Å². The summed E-state index contributed by atoms with van der Waals surface area (Å²) in [5, 5.41) is 2.98. The second-order valence-electron chi connectivity index (χ2n) is 11.7. The number of primary amides is 1. The van der Waals surface area contributed by atoms with Crippen molar-refractivity contribution in [2.75, 3.05) is 11.4 Å². The fourth-order valence-corrected chi connectivity index (χ4v) is 5.84. The van der Waals surface area contributed by atoms with Crippen LogP contribution in [0.25, 0.3) is 0 Å². The van der Waals surface area contributed by atoms with Gasteiger partial charge in [0.1, 0.15) is 0 Å². The van der Waals surface area contributed by atoms with Crippen LogP contribution in [-0.2, 0) is 14.4 Å². The van der Waals surface area contributed by atoms with Gasteiger partial charge in [0, 0.05) is 29.5 Å². The van der Waals surface area contributed by atoms with Crippen molar-refractivity contribution in [3.8, 4) is 0 Å². The average Bonchev–Trinajstić information content (AvgIpc) is 3.02. The fourth-order valence-electron chi connectivity index (χ4n) is 5.84. The number of hydrogen-bond donors (Lipinski definition) is 2. The van der Waals surface area contributed by atoms with E-state index in [1.165, 1.54) is 19.3 Å². The zero-order valence-electron chi connectivity index (χ0n) is 24.1. The summed E-state index contributed by atoms with van der Waals surface area (Å²) >= 11 is 0. The first-order valence-electron chi connectivity index (χ1n) is 14.9. The molecule has 2 aromatic rings. The Morgan fingerprint density at radius 3 is 2.38 bits per heavy atom.